The Balaban J connectivity index is 1.59. The van der Waals surface area contributed by atoms with Crippen molar-refractivity contribution in [3.63, 3.8) is 0 Å². The Morgan fingerprint density at radius 3 is 2.72 bits per heavy atom. The van der Waals surface area contributed by atoms with Crippen molar-refractivity contribution in [1.29, 1.82) is 0 Å². The maximum atomic E-state index is 13.4. The minimum absolute atomic E-state index is 0.0276. The molecule has 2 aromatic carbocycles. The van der Waals surface area contributed by atoms with E-state index in [4.69, 9.17) is 4.98 Å². The lowest BCUT2D eigenvalue weighted by atomic mass is 10.0. The number of fused-ring (bicyclic) bond motifs is 2. The molecule has 4 heteroatoms. The quantitative estimate of drug-likeness (QED) is 0.460. The van der Waals surface area contributed by atoms with Crippen molar-refractivity contribution >= 4 is 28.1 Å². The summed E-state index contributed by atoms with van der Waals surface area (Å²) in [6.07, 6.45) is 1.96. The van der Waals surface area contributed by atoms with Gasteiger partial charge in [-0.3, -0.25) is 4.79 Å². The van der Waals surface area contributed by atoms with Gasteiger partial charge in [-0.25, -0.2) is 4.98 Å². The van der Waals surface area contributed by atoms with Crippen LogP contribution in [0.1, 0.15) is 45.1 Å². The fourth-order valence-electron chi connectivity index (χ4n) is 4.17. The number of nitrogens with zero attached hydrogens (tertiary/aromatic N) is 1. The molecule has 0 saturated heterocycles. The zero-order valence-electron chi connectivity index (χ0n) is 16.5. The van der Waals surface area contributed by atoms with Gasteiger partial charge >= 0.3 is 0 Å². The van der Waals surface area contributed by atoms with Crippen molar-refractivity contribution in [1.82, 2.24) is 10.3 Å². The highest BCUT2D eigenvalue weighted by Crippen LogP contribution is 2.33. The molecule has 5 rings (SSSR count). The number of hydrogen-bond donors (Lipinski definition) is 1. The van der Waals surface area contributed by atoms with E-state index in [0.29, 0.717) is 5.56 Å². The molecule has 0 aliphatic heterocycles. The lowest BCUT2D eigenvalue weighted by Gasteiger charge is -2.16. The summed E-state index contributed by atoms with van der Waals surface area (Å²) in [5, 5.41) is 6.24. The van der Waals surface area contributed by atoms with Gasteiger partial charge in [-0.15, -0.1) is 11.3 Å². The number of pyridine rings is 1. The Labute approximate surface area is 174 Å². The van der Waals surface area contributed by atoms with E-state index in [1.54, 1.807) is 11.3 Å². The first-order valence-electron chi connectivity index (χ1n) is 9.95. The van der Waals surface area contributed by atoms with E-state index >= 15 is 0 Å². The van der Waals surface area contributed by atoms with Crippen LogP contribution in [0.5, 0.6) is 0 Å². The molecule has 0 unspecified atom stereocenters. The van der Waals surface area contributed by atoms with Crippen molar-refractivity contribution < 1.29 is 4.79 Å². The van der Waals surface area contributed by atoms with Crippen molar-refractivity contribution in [3.8, 4) is 10.6 Å². The van der Waals surface area contributed by atoms with Gasteiger partial charge in [-0.2, -0.15) is 0 Å². The third kappa shape index (κ3) is 3.23. The number of hydrogen-bond acceptors (Lipinski definition) is 3. The second kappa shape index (κ2) is 7.12. The van der Waals surface area contributed by atoms with E-state index in [1.165, 1.54) is 22.3 Å². The van der Waals surface area contributed by atoms with E-state index < -0.39 is 0 Å². The predicted molar refractivity (Wildman–Crippen MR) is 120 cm³/mol. The highest BCUT2D eigenvalue weighted by atomic mass is 32.1. The van der Waals surface area contributed by atoms with Crippen LogP contribution in [0.3, 0.4) is 0 Å². The molecule has 1 N–H and O–H groups in total. The molecule has 144 valence electrons. The fraction of sp³-hybridized carbons (Fsp3) is 0.200. The monoisotopic (exact) mass is 398 g/mol. The van der Waals surface area contributed by atoms with Crippen LogP contribution >= 0.6 is 11.3 Å². The van der Waals surface area contributed by atoms with Crippen LogP contribution in [0.25, 0.3) is 21.5 Å². The molecular weight excluding hydrogens is 376 g/mol. The van der Waals surface area contributed by atoms with Crippen LogP contribution in [-0.4, -0.2) is 10.9 Å². The third-order valence-corrected chi connectivity index (χ3v) is 6.77. The molecule has 1 aliphatic carbocycles. The number of rotatable bonds is 3. The smallest absolute Gasteiger partial charge is 0.252 e. The van der Waals surface area contributed by atoms with Crippen LogP contribution in [-0.2, 0) is 6.42 Å². The van der Waals surface area contributed by atoms with Crippen molar-refractivity contribution in [2.24, 2.45) is 0 Å². The van der Waals surface area contributed by atoms with Crippen molar-refractivity contribution in [2.75, 3.05) is 0 Å². The normalized spacial score (nSPS) is 15.4. The zero-order chi connectivity index (χ0) is 20.0. The Bertz CT molecular complexity index is 1230. The number of aryl methyl sites for hydroxylation is 3. The molecule has 1 amide bonds. The van der Waals surface area contributed by atoms with Gasteiger partial charge in [-0.1, -0.05) is 30.3 Å². The van der Waals surface area contributed by atoms with E-state index in [1.807, 2.05) is 23.6 Å². The van der Waals surface area contributed by atoms with Crippen molar-refractivity contribution in [3.05, 3.63) is 87.8 Å². The van der Waals surface area contributed by atoms with Gasteiger partial charge in [0.1, 0.15) is 0 Å². The average Bonchev–Trinajstić information content (AvgIpc) is 3.39. The summed E-state index contributed by atoms with van der Waals surface area (Å²) in [5.74, 6) is -0.0276. The minimum Gasteiger partial charge on any atom is -0.345 e. The molecule has 1 atom stereocenters. The lowest BCUT2D eigenvalue weighted by Crippen LogP contribution is -2.27. The molecule has 2 heterocycles. The Kier molecular flexibility index (Phi) is 4.44. The number of carbonyl (C=O) groups excluding carboxylic acids is 1. The van der Waals surface area contributed by atoms with Gasteiger partial charge in [0.2, 0.25) is 0 Å². The third-order valence-electron chi connectivity index (χ3n) is 5.88. The number of benzene rings is 2. The zero-order valence-corrected chi connectivity index (χ0v) is 17.3. The molecule has 0 saturated carbocycles. The van der Waals surface area contributed by atoms with Gasteiger partial charge in [-0.05, 0) is 78.6 Å². The number of nitrogens with one attached hydrogen (secondary N) is 1. The first kappa shape index (κ1) is 18.1. The number of aromatic nitrogens is 1. The summed E-state index contributed by atoms with van der Waals surface area (Å²) < 4.78 is 0. The van der Waals surface area contributed by atoms with Gasteiger partial charge in [0, 0.05) is 5.39 Å². The van der Waals surface area contributed by atoms with E-state index in [2.05, 4.69) is 55.6 Å². The predicted octanol–water partition coefficient (Wildman–Crippen LogP) is 6.00. The molecule has 2 aromatic heterocycles. The largest absolute Gasteiger partial charge is 0.345 e. The van der Waals surface area contributed by atoms with Crippen molar-refractivity contribution in [2.45, 2.75) is 32.7 Å². The average molecular weight is 399 g/mol. The lowest BCUT2D eigenvalue weighted by molar-refractivity contribution is 0.0938. The number of thiophene rings is 1. The number of carbonyl (C=O) groups is 1. The molecule has 0 fully saturated rings. The molecule has 0 radical (unpaired) electrons. The van der Waals surface area contributed by atoms with Crippen LogP contribution < -0.4 is 5.32 Å². The van der Waals surface area contributed by atoms with Crippen LogP contribution in [0, 0.1) is 13.8 Å². The summed E-state index contributed by atoms with van der Waals surface area (Å²) in [6.45, 7) is 4.17. The maximum absolute atomic E-state index is 13.4. The molecule has 29 heavy (non-hydrogen) atoms. The number of amides is 1. The van der Waals surface area contributed by atoms with E-state index in [9.17, 15) is 4.79 Å². The summed E-state index contributed by atoms with van der Waals surface area (Å²) in [4.78, 5) is 19.3. The Hall–Kier alpha value is -2.98. The first-order valence-corrected chi connectivity index (χ1v) is 10.8. The fourth-order valence-corrected chi connectivity index (χ4v) is 4.85. The molecule has 0 spiro atoms. The summed E-state index contributed by atoms with van der Waals surface area (Å²) in [7, 11) is 0. The van der Waals surface area contributed by atoms with Gasteiger partial charge < -0.3 is 5.32 Å². The molecule has 0 bridgehead atoms. The van der Waals surface area contributed by atoms with Gasteiger partial charge in [0.25, 0.3) is 5.91 Å². The Morgan fingerprint density at radius 2 is 1.90 bits per heavy atom. The molecule has 4 aromatic rings. The highest BCUT2D eigenvalue weighted by molar-refractivity contribution is 7.13. The highest BCUT2D eigenvalue weighted by Gasteiger charge is 2.25. The second-order valence-corrected chi connectivity index (χ2v) is 8.70. The minimum atomic E-state index is -0.0276. The van der Waals surface area contributed by atoms with Crippen LogP contribution in [0.15, 0.2) is 60.0 Å². The Morgan fingerprint density at radius 1 is 1.07 bits per heavy atom. The second-order valence-electron chi connectivity index (χ2n) is 7.75. The standard InChI is InChI=1S/C25H22N2OS/c1-15-12-19-20(25(28)27-21-10-9-17-6-3-4-7-18(17)21)14-23(24-8-5-11-29-24)26-22(19)13-16(15)2/h3-8,11-14,21H,9-10H2,1-2H3,(H,27,28)/t21-/m0/s1. The molecule has 1 aliphatic rings. The van der Waals surface area contributed by atoms with Crippen LogP contribution in [0.4, 0.5) is 0 Å². The van der Waals surface area contributed by atoms with E-state index in [-0.39, 0.29) is 11.9 Å². The van der Waals surface area contributed by atoms with Gasteiger partial charge in [0.15, 0.2) is 0 Å². The molecular formula is C25H22N2OS. The first-order chi connectivity index (χ1) is 14.1. The topological polar surface area (TPSA) is 42.0 Å². The van der Waals surface area contributed by atoms with Crippen LogP contribution in [0.2, 0.25) is 0 Å². The molecule has 3 nitrogen and oxygen atoms in total. The SMILES string of the molecule is Cc1cc2nc(-c3cccs3)cc(C(=O)N[C@H]3CCc4ccccc43)c2cc1C. The summed E-state index contributed by atoms with van der Waals surface area (Å²) in [5.41, 5.74) is 7.36. The van der Waals surface area contributed by atoms with Gasteiger partial charge in [0.05, 0.1) is 27.7 Å². The maximum Gasteiger partial charge on any atom is 0.252 e. The van der Waals surface area contributed by atoms with E-state index in [0.717, 1.165) is 34.3 Å². The summed E-state index contributed by atoms with van der Waals surface area (Å²) in [6, 6.07) is 18.7. The summed E-state index contributed by atoms with van der Waals surface area (Å²) >= 11 is 1.64.